The van der Waals surface area contributed by atoms with Crippen molar-refractivity contribution in [2.75, 3.05) is 0 Å². The number of nitrogens with one attached hydrogen (secondary N) is 2. The van der Waals surface area contributed by atoms with Crippen LogP contribution in [0.3, 0.4) is 0 Å². The van der Waals surface area contributed by atoms with Crippen molar-refractivity contribution in [3.05, 3.63) is 66.8 Å². The Labute approximate surface area is 217 Å². The number of rotatable bonds is 7. The maximum absolute atomic E-state index is 4.85. The van der Waals surface area contributed by atoms with E-state index in [2.05, 4.69) is 90.7 Å². The van der Waals surface area contributed by atoms with Gasteiger partial charge in [-0.15, -0.1) is 0 Å². The van der Waals surface area contributed by atoms with Gasteiger partial charge in [0, 0.05) is 40.8 Å². The molecule has 0 aliphatic heterocycles. The topological polar surface area (TPSA) is 75.2 Å². The Morgan fingerprint density at radius 1 is 0.730 bits per heavy atom. The molecule has 0 fully saturated rings. The molecule has 3 aromatic heterocycles. The summed E-state index contributed by atoms with van der Waals surface area (Å²) >= 11 is 0. The number of aromatic amines is 2. The number of aromatic nitrogens is 6. The van der Waals surface area contributed by atoms with E-state index >= 15 is 0 Å². The third kappa shape index (κ3) is 3.82. The summed E-state index contributed by atoms with van der Waals surface area (Å²) in [7, 11) is 2.08. The van der Waals surface area contributed by atoms with Gasteiger partial charge in [-0.05, 0) is 42.2 Å². The standard InChI is InChI=1S/C31H34N6/c1-6-18(4)30-32-15-26(35-30)20-9-11-22-23-12-10-21(27-16-33-31(36-27)19(7-2)8-3)14-25(23)29-28(24(22)13-20)34-17-37(29)5/h9-19H,6-8H2,1-5H3,(H,32,35)(H,33,36). The molecule has 1 atom stereocenters. The molecule has 0 saturated carbocycles. The van der Waals surface area contributed by atoms with Crippen molar-refractivity contribution < 1.29 is 0 Å². The lowest BCUT2D eigenvalue weighted by Gasteiger charge is -2.11. The van der Waals surface area contributed by atoms with Gasteiger partial charge in [0.25, 0.3) is 0 Å². The molecule has 0 aliphatic carbocycles. The fourth-order valence-corrected chi connectivity index (χ4v) is 5.52. The van der Waals surface area contributed by atoms with Crippen LogP contribution in [0.4, 0.5) is 0 Å². The molecule has 0 saturated heterocycles. The highest BCUT2D eigenvalue weighted by Gasteiger charge is 2.17. The van der Waals surface area contributed by atoms with Crippen molar-refractivity contribution in [3.8, 4) is 22.5 Å². The summed E-state index contributed by atoms with van der Waals surface area (Å²) in [4.78, 5) is 21.3. The number of imidazole rings is 3. The lowest BCUT2D eigenvalue weighted by Crippen LogP contribution is -1.97. The highest BCUT2D eigenvalue weighted by molar-refractivity contribution is 6.24. The number of aryl methyl sites for hydroxylation is 1. The molecule has 6 heteroatoms. The van der Waals surface area contributed by atoms with E-state index in [9.17, 15) is 0 Å². The van der Waals surface area contributed by atoms with Crippen molar-refractivity contribution in [1.29, 1.82) is 0 Å². The van der Waals surface area contributed by atoms with Gasteiger partial charge in [0.1, 0.15) is 11.6 Å². The molecule has 0 spiro atoms. The minimum absolute atomic E-state index is 0.413. The molecular weight excluding hydrogens is 456 g/mol. The Morgan fingerprint density at radius 3 is 1.97 bits per heavy atom. The molecule has 1 unspecified atom stereocenters. The van der Waals surface area contributed by atoms with Crippen molar-refractivity contribution >= 4 is 32.6 Å². The Hall–Kier alpha value is -3.93. The van der Waals surface area contributed by atoms with Crippen LogP contribution in [0.15, 0.2) is 55.1 Å². The van der Waals surface area contributed by atoms with Gasteiger partial charge in [0.2, 0.25) is 0 Å². The van der Waals surface area contributed by atoms with Crippen LogP contribution in [-0.4, -0.2) is 29.5 Å². The molecule has 6 nitrogen and oxygen atoms in total. The van der Waals surface area contributed by atoms with Crippen molar-refractivity contribution in [2.24, 2.45) is 7.05 Å². The molecule has 0 aliphatic rings. The average Bonchev–Trinajstić information content (AvgIpc) is 3.69. The summed E-state index contributed by atoms with van der Waals surface area (Å²) < 4.78 is 2.13. The first-order valence-corrected chi connectivity index (χ1v) is 13.4. The Morgan fingerprint density at radius 2 is 1.32 bits per heavy atom. The highest BCUT2D eigenvalue weighted by Crippen LogP contribution is 2.38. The lowest BCUT2D eigenvalue weighted by atomic mass is 9.95. The summed E-state index contributed by atoms with van der Waals surface area (Å²) in [6.07, 6.45) is 9.07. The number of benzene rings is 3. The second-order valence-electron chi connectivity index (χ2n) is 10.3. The van der Waals surface area contributed by atoms with Crippen LogP contribution in [0.2, 0.25) is 0 Å². The lowest BCUT2D eigenvalue weighted by molar-refractivity contribution is 0.609. The first-order valence-electron chi connectivity index (χ1n) is 13.4. The molecule has 3 aromatic carbocycles. The van der Waals surface area contributed by atoms with Gasteiger partial charge in [-0.2, -0.15) is 0 Å². The Balaban J connectivity index is 1.51. The molecule has 0 radical (unpaired) electrons. The molecule has 3 heterocycles. The zero-order valence-corrected chi connectivity index (χ0v) is 22.3. The Bertz CT molecular complexity index is 1730. The van der Waals surface area contributed by atoms with E-state index in [-0.39, 0.29) is 0 Å². The first-order chi connectivity index (χ1) is 18.0. The first kappa shape index (κ1) is 23.5. The van der Waals surface area contributed by atoms with Crippen LogP contribution in [0.1, 0.15) is 70.4 Å². The van der Waals surface area contributed by atoms with Crippen LogP contribution in [0, 0.1) is 0 Å². The second kappa shape index (κ2) is 9.18. The van der Waals surface area contributed by atoms with E-state index in [1.807, 2.05) is 18.7 Å². The number of H-pyrrole nitrogens is 2. The number of hydrogen-bond donors (Lipinski definition) is 2. The SMILES string of the molecule is CCC(C)c1ncc(-c2ccc3c4ccc(-c5cnc(C(CC)CC)[nH]5)cc4c4c(ncn4C)c3c2)[nH]1. The average molecular weight is 491 g/mol. The third-order valence-electron chi connectivity index (χ3n) is 8.04. The highest BCUT2D eigenvalue weighted by atomic mass is 15.0. The predicted octanol–water partition coefficient (Wildman–Crippen LogP) is 8.08. The number of fused-ring (bicyclic) bond motifs is 6. The van der Waals surface area contributed by atoms with E-state index in [0.717, 1.165) is 69.8 Å². The zero-order chi connectivity index (χ0) is 25.7. The number of nitrogens with zero attached hydrogens (tertiary/aromatic N) is 4. The van der Waals surface area contributed by atoms with Gasteiger partial charge >= 0.3 is 0 Å². The molecular formula is C31H34N6. The van der Waals surface area contributed by atoms with Crippen LogP contribution in [0.25, 0.3) is 55.1 Å². The normalized spacial score (nSPS) is 12.9. The summed E-state index contributed by atoms with van der Waals surface area (Å²) in [6.45, 7) is 8.84. The quantitative estimate of drug-likeness (QED) is 0.222. The molecule has 0 amide bonds. The van der Waals surface area contributed by atoms with E-state index < -0.39 is 0 Å². The maximum Gasteiger partial charge on any atom is 0.109 e. The minimum atomic E-state index is 0.413. The van der Waals surface area contributed by atoms with Crippen molar-refractivity contribution in [3.63, 3.8) is 0 Å². The fraction of sp³-hybridized carbons (Fsp3) is 0.323. The fourth-order valence-electron chi connectivity index (χ4n) is 5.52. The van der Waals surface area contributed by atoms with E-state index in [1.54, 1.807) is 0 Å². The van der Waals surface area contributed by atoms with Crippen molar-refractivity contribution in [2.45, 2.75) is 58.8 Å². The molecule has 188 valence electrons. The molecule has 6 aromatic rings. The smallest absolute Gasteiger partial charge is 0.109 e. The summed E-state index contributed by atoms with van der Waals surface area (Å²) in [5.41, 5.74) is 6.55. The second-order valence-corrected chi connectivity index (χ2v) is 10.3. The maximum atomic E-state index is 4.85. The summed E-state index contributed by atoms with van der Waals surface area (Å²) in [5, 5.41) is 4.80. The van der Waals surface area contributed by atoms with Gasteiger partial charge in [-0.1, -0.05) is 52.0 Å². The molecule has 6 rings (SSSR count). The van der Waals surface area contributed by atoms with E-state index in [4.69, 9.17) is 9.97 Å². The minimum Gasteiger partial charge on any atom is -0.342 e. The zero-order valence-electron chi connectivity index (χ0n) is 22.3. The van der Waals surface area contributed by atoms with Gasteiger partial charge in [-0.25, -0.2) is 15.0 Å². The van der Waals surface area contributed by atoms with E-state index in [0.29, 0.717) is 11.8 Å². The molecule has 37 heavy (non-hydrogen) atoms. The van der Waals surface area contributed by atoms with Crippen LogP contribution < -0.4 is 0 Å². The van der Waals surface area contributed by atoms with Crippen LogP contribution in [-0.2, 0) is 7.05 Å². The molecule has 0 bridgehead atoms. The third-order valence-corrected chi connectivity index (χ3v) is 8.04. The Kier molecular flexibility index (Phi) is 5.82. The summed E-state index contributed by atoms with van der Waals surface area (Å²) in [6, 6.07) is 13.4. The van der Waals surface area contributed by atoms with Gasteiger partial charge in [-0.3, -0.25) is 0 Å². The van der Waals surface area contributed by atoms with Gasteiger partial charge < -0.3 is 14.5 Å². The van der Waals surface area contributed by atoms with Crippen LogP contribution in [0.5, 0.6) is 0 Å². The predicted molar refractivity (Wildman–Crippen MR) is 153 cm³/mol. The molecule has 2 N–H and O–H groups in total. The van der Waals surface area contributed by atoms with Gasteiger partial charge in [0.05, 0.1) is 41.1 Å². The monoisotopic (exact) mass is 490 g/mol. The van der Waals surface area contributed by atoms with Crippen molar-refractivity contribution in [1.82, 2.24) is 29.5 Å². The summed E-state index contributed by atoms with van der Waals surface area (Å²) in [5.74, 6) is 2.99. The van der Waals surface area contributed by atoms with Gasteiger partial charge in [0.15, 0.2) is 0 Å². The number of hydrogen-bond acceptors (Lipinski definition) is 3. The largest absolute Gasteiger partial charge is 0.342 e. The van der Waals surface area contributed by atoms with E-state index in [1.165, 1.54) is 16.2 Å². The van der Waals surface area contributed by atoms with Crippen LogP contribution >= 0.6 is 0 Å².